The van der Waals surface area contributed by atoms with Crippen LogP contribution >= 0.6 is 15.9 Å². The van der Waals surface area contributed by atoms with E-state index in [9.17, 15) is 14.7 Å². The molecule has 6 heteroatoms. The predicted molar refractivity (Wildman–Crippen MR) is 80.4 cm³/mol. The second-order valence-electron chi connectivity index (χ2n) is 5.14. The third-order valence-electron chi connectivity index (χ3n) is 3.00. The molecule has 0 saturated heterocycles. The quantitative estimate of drug-likeness (QED) is 0.757. The molecular formula is C14H19BrN2O3. The van der Waals surface area contributed by atoms with E-state index in [4.69, 9.17) is 0 Å². The summed E-state index contributed by atoms with van der Waals surface area (Å²) in [5.41, 5.74) is -0.264. The summed E-state index contributed by atoms with van der Waals surface area (Å²) >= 11 is 3.28. The number of aliphatic hydroxyl groups is 1. The average molecular weight is 343 g/mol. The number of nitrogens with one attached hydrogen (secondary N) is 2. The number of hydrogen-bond acceptors (Lipinski definition) is 3. The van der Waals surface area contributed by atoms with Gasteiger partial charge < -0.3 is 15.7 Å². The van der Waals surface area contributed by atoms with Crippen LogP contribution in [0.15, 0.2) is 28.7 Å². The molecule has 1 aromatic carbocycles. The molecule has 0 radical (unpaired) electrons. The van der Waals surface area contributed by atoms with Crippen LogP contribution in [-0.2, 0) is 4.79 Å². The number of halogens is 1. The molecule has 0 aromatic heterocycles. The van der Waals surface area contributed by atoms with E-state index in [-0.39, 0.29) is 18.4 Å². The van der Waals surface area contributed by atoms with Crippen molar-refractivity contribution in [1.82, 2.24) is 10.6 Å². The highest BCUT2D eigenvalue weighted by Gasteiger charge is 2.25. The lowest BCUT2D eigenvalue weighted by Gasteiger charge is -2.29. The number of rotatable bonds is 5. The number of carbonyl (C=O) groups excluding carboxylic acids is 2. The second-order valence-corrected chi connectivity index (χ2v) is 6.05. The normalized spacial score (nSPS) is 12.7. The number of amides is 2. The van der Waals surface area contributed by atoms with Gasteiger partial charge in [-0.1, -0.05) is 22.0 Å². The molecule has 0 saturated carbocycles. The summed E-state index contributed by atoms with van der Waals surface area (Å²) in [6.07, 6.45) is -0.688. The van der Waals surface area contributed by atoms with Crippen LogP contribution in [0.25, 0.3) is 0 Å². The van der Waals surface area contributed by atoms with Crippen molar-refractivity contribution in [1.29, 1.82) is 0 Å². The topological polar surface area (TPSA) is 78.4 Å². The van der Waals surface area contributed by atoms with Crippen molar-refractivity contribution in [3.8, 4) is 0 Å². The maximum atomic E-state index is 11.8. The molecule has 0 aliphatic heterocycles. The fourth-order valence-electron chi connectivity index (χ4n) is 1.40. The van der Waals surface area contributed by atoms with E-state index in [1.54, 1.807) is 39.0 Å². The Morgan fingerprint density at radius 1 is 1.40 bits per heavy atom. The Morgan fingerprint density at radius 2 is 2.05 bits per heavy atom. The van der Waals surface area contributed by atoms with Gasteiger partial charge >= 0.3 is 0 Å². The van der Waals surface area contributed by atoms with Gasteiger partial charge in [0.2, 0.25) is 5.91 Å². The van der Waals surface area contributed by atoms with E-state index >= 15 is 0 Å². The van der Waals surface area contributed by atoms with Crippen LogP contribution in [-0.4, -0.2) is 35.1 Å². The van der Waals surface area contributed by atoms with Gasteiger partial charge in [-0.3, -0.25) is 9.59 Å². The summed E-state index contributed by atoms with van der Waals surface area (Å²) in [4.78, 5) is 23.6. The molecule has 1 rings (SSSR count). The molecule has 20 heavy (non-hydrogen) atoms. The molecule has 1 aromatic rings. The van der Waals surface area contributed by atoms with Crippen molar-refractivity contribution in [2.45, 2.75) is 32.4 Å². The lowest BCUT2D eigenvalue weighted by molar-refractivity contribution is -0.123. The van der Waals surface area contributed by atoms with Gasteiger partial charge in [0.1, 0.15) is 0 Å². The van der Waals surface area contributed by atoms with Crippen molar-refractivity contribution in [2.75, 3.05) is 6.54 Å². The first kappa shape index (κ1) is 16.7. The third kappa shape index (κ3) is 4.94. The Balaban J connectivity index is 2.51. The minimum atomic E-state index is -0.739. The molecular weight excluding hydrogens is 324 g/mol. The van der Waals surface area contributed by atoms with Crippen molar-refractivity contribution >= 4 is 27.7 Å². The largest absolute Gasteiger partial charge is 0.391 e. The van der Waals surface area contributed by atoms with Crippen molar-refractivity contribution in [2.24, 2.45) is 0 Å². The SMILES string of the molecule is CC(O)C(C)(C)NC(=O)CNC(=O)c1cccc(Br)c1. The molecule has 0 heterocycles. The van der Waals surface area contributed by atoms with E-state index < -0.39 is 11.6 Å². The van der Waals surface area contributed by atoms with Crippen molar-refractivity contribution in [3.63, 3.8) is 0 Å². The van der Waals surface area contributed by atoms with Gasteiger partial charge in [0.25, 0.3) is 5.91 Å². The molecule has 3 N–H and O–H groups in total. The smallest absolute Gasteiger partial charge is 0.251 e. The zero-order valence-electron chi connectivity index (χ0n) is 11.7. The van der Waals surface area contributed by atoms with Crippen LogP contribution in [0.5, 0.6) is 0 Å². The molecule has 2 amide bonds. The molecule has 0 aliphatic rings. The number of carbonyl (C=O) groups is 2. The van der Waals surface area contributed by atoms with Crippen molar-refractivity contribution < 1.29 is 14.7 Å². The van der Waals surface area contributed by atoms with Crippen LogP contribution in [0, 0.1) is 0 Å². The van der Waals surface area contributed by atoms with Gasteiger partial charge in [0, 0.05) is 10.0 Å². The Bertz CT molecular complexity index is 501. The van der Waals surface area contributed by atoms with Gasteiger partial charge in [0.05, 0.1) is 18.2 Å². The predicted octanol–water partition coefficient (Wildman–Crippen LogP) is 1.45. The fourth-order valence-corrected chi connectivity index (χ4v) is 1.80. The van der Waals surface area contributed by atoms with Crippen LogP contribution in [0.3, 0.4) is 0 Å². The van der Waals surface area contributed by atoms with Gasteiger partial charge in [-0.15, -0.1) is 0 Å². The van der Waals surface area contributed by atoms with E-state index in [0.29, 0.717) is 5.56 Å². The summed E-state index contributed by atoms with van der Waals surface area (Å²) in [5.74, 6) is -0.671. The zero-order valence-corrected chi connectivity index (χ0v) is 13.3. The third-order valence-corrected chi connectivity index (χ3v) is 3.50. The van der Waals surface area contributed by atoms with Crippen LogP contribution in [0.1, 0.15) is 31.1 Å². The number of aliphatic hydroxyl groups excluding tert-OH is 1. The van der Waals surface area contributed by atoms with E-state index in [1.165, 1.54) is 0 Å². The average Bonchev–Trinajstić information content (AvgIpc) is 2.35. The molecule has 110 valence electrons. The summed E-state index contributed by atoms with van der Waals surface area (Å²) < 4.78 is 0.796. The summed E-state index contributed by atoms with van der Waals surface area (Å²) in [7, 11) is 0. The van der Waals surface area contributed by atoms with Crippen LogP contribution in [0.2, 0.25) is 0 Å². The fraction of sp³-hybridized carbons (Fsp3) is 0.429. The Morgan fingerprint density at radius 3 is 2.60 bits per heavy atom. The minimum absolute atomic E-state index is 0.137. The number of hydrogen-bond donors (Lipinski definition) is 3. The van der Waals surface area contributed by atoms with Gasteiger partial charge in [-0.2, -0.15) is 0 Å². The maximum absolute atomic E-state index is 11.8. The lowest BCUT2D eigenvalue weighted by Crippen LogP contribution is -2.53. The van der Waals surface area contributed by atoms with Gasteiger partial charge in [0.15, 0.2) is 0 Å². The van der Waals surface area contributed by atoms with Crippen molar-refractivity contribution in [3.05, 3.63) is 34.3 Å². The van der Waals surface area contributed by atoms with E-state index in [2.05, 4.69) is 26.6 Å². The highest BCUT2D eigenvalue weighted by Crippen LogP contribution is 2.11. The van der Waals surface area contributed by atoms with Crippen LogP contribution in [0.4, 0.5) is 0 Å². The summed E-state index contributed by atoms with van der Waals surface area (Å²) in [5, 5.41) is 14.7. The lowest BCUT2D eigenvalue weighted by atomic mass is 9.99. The summed E-state index contributed by atoms with van der Waals surface area (Å²) in [6, 6.07) is 6.90. The molecule has 1 atom stereocenters. The Hall–Kier alpha value is -1.40. The number of benzene rings is 1. The molecule has 0 bridgehead atoms. The summed E-state index contributed by atoms with van der Waals surface area (Å²) in [6.45, 7) is 4.89. The monoisotopic (exact) mass is 342 g/mol. The standard InChI is InChI=1S/C14H19BrN2O3/c1-9(18)14(2,3)17-12(19)8-16-13(20)10-5-4-6-11(15)7-10/h4-7,9,18H,8H2,1-3H3,(H,16,20)(H,17,19). The maximum Gasteiger partial charge on any atom is 0.251 e. The molecule has 5 nitrogen and oxygen atoms in total. The van der Waals surface area contributed by atoms with E-state index in [0.717, 1.165) is 4.47 Å². The van der Waals surface area contributed by atoms with Crippen LogP contribution < -0.4 is 10.6 Å². The highest BCUT2D eigenvalue weighted by atomic mass is 79.9. The second kappa shape index (κ2) is 6.85. The first-order valence-electron chi connectivity index (χ1n) is 6.25. The van der Waals surface area contributed by atoms with E-state index in [1.807, 2.05) is 6.07 Å². The Kier molecular flexibility index (Phi) is 5.71. The van der Waals surface area contributed by atoms with Gasteiger partial charge in [-0.05, 0) is 39.0 Å². The minimum Gasteiger partial charge on any atom is -0.391 e. The molecule has 0 aliphatic carbocycles. The Labute approximate surface area is 126 Å². The molecule has 0 fully saturated rings. The van der Waals surface area contributed by atoms with Gasteiger partial charge in [-0.25, -0.2) is 0 Å². The zero-order chi connectivity index (χ0) is 15.3. The molecule has 0 spiro atoms. The first-order chi connectivity index (χ1) is 9.22. The molecule has 1 unspecified atom stereocenters. The first-order valence-corrected chi connectivity index (χ1v) is 7.04. The highest BCUT2D eigenvalue weighted by molar-refractivity contribution is 9.10.